The molecule has 1 aliphatic heterocycles. The van der Waals surface area contributed by atoms with Crippen LogP contribution >= 0.6 is 0 Å². The van der Waals surface area contributed by atoms with E-state index >= 15 is 0 Å². The number of unbranched alkanes of at least 4 members (excludes halogenated alkanes) is 1. The number of nitrogens with two attached hydrogens (primary N) is 1. The van der Waals surface area contributed by atoms with E-state index in [1.165, 1.54) is 0 Å². The van der Waals surface area contributed by atoms with Crippen LogP contribution < -0.4 is 5.73 Å². The van der Waals surface area contributed by atoms with Crippen molar-refractivity contribution in [1.82, 2.24) is 0 Å². The van der Waals surface area contributed by atoms with E-state index in [0.29, 0.717) is 12.5 Å². The molecule has 1 heterocycles. The molecule has 3 N–H and O–H groups in total. The van der Waals surface area contributed by atoms with Gasteiger partial charge in [0.1, 0.15) is 0 Å². The van der Waals surface area contributed by atoms with Crippen molar-refractivity contribution in [2.45, 2.75) is 38.2 Å². The minimum Gasteiger partial charge on any atom is -0.389 e. The fourth-order valence-electron chi connectivity index (χ4n) is 1.78. The Morgan fingerprint density at radius 2 is 2.31 bits per heavy atom. The van der Waals surface area contributed by atoms with Crippen LogP contribution in [0.25, 0.3) is 0 Å². The van der Waals surface area contributed by atoms with Crippen molar-refractivity contribution in [2.75, 3.05) is 33.0 Å². The Kier molecular flexibility index (Phi) is 6.28. The summed E-state index contributed by atoms with van der Waals surface area (Å²) in [6.07, 6.45) is 3.83. The Morgan fingerprint density at radius 3 is 2.94 bits per heavy atom. The first kappa shape index (κ1) is 13.9. The van der Waals surface area contributed by atoms with Gasteiger partial charge in [0.2, 0.25) is 0 Å². The predicted octanol–water partition coefficient (Wildman–Crippen LogP) is 0.919. The molecule has 0 bridgehead atoms. The normalized spacial score (nSPS) is 24.6. The van der Waals surface area contributed by atoms with Gasteiger partial charge in [0.25, 0.3) is 0 Å². The summed E-state index contributed by atoms with van der Waals surface area (Å²) in [4.78, 5) is 0. The fraction of sp³-hybridized carbons (Fsp3) is 1.00. The minimum atomic E-state index is -0.709. The average molecular weight is 231 g/mol. The molecule has 16 heavy (non-hydrogen) atoms. The lowest BCUT2D eigenvalue weighted by Gasteiger charge is -2.20. The Hall–Kier alpha value is -0.160. The van der Waals surface area contributed by atoms with E-state index in [0.717, 1.165) is 52.1 Å². The number of hydrogen-bond acceptors (Lipinski definition) is 4. The Balaban J connectivity index is 1.88. The number of aliphatic hydroxyl groups is 1. The molecule has 0 aromatic rings. The lowest BCUT2D eigenvalue weighted by molar-refractivity contribution is 0.0498. The zero-order chi connectivity index (χ0) is 11.9. The summed E-state index contributed by atoms with van der Waals surface area (Å²) >= 11 is 0. The van der Waals surface area contributed by atoms with Gasteiger partial charge in [-0.05, 0) is 32.6 Å². The van der Waals surface area contributed by atoms with E-state index in [1.807, 2.05) is 0 Å². The van der Waals surface area contributed by atoms with E-state index < -0.39 is 5.60 Å². The summed E-state index contributed by atoms with van der Waals surface area (Å²) in [5, 5.41) is 9.67. The highest BCUT2D eigenvalue weighted by Gasteiger charge is 2.17. The molecule has 0 aliphatic carbocycles. The van der Waals surface area contributed by atoms with Gasteiger partial charge in [-0.3, -0.25) is 0 Å². The zero-order valence-corrected chi connectivity index (χ0v) is 10.3. The highest BCUT2D eigenvalue weighted by atomic mass is 16.5. The maximum absolute atomic E-state index is 9.67. The van der Waals surface area contributed by atoms with Crippen LogP contribution in [-0.4, -0.2) is 43.7 Å². The fourth-order valence-corrected chi connectivity index (χ4v) is 1.78. The molecule has 0 saturated carbocycles. The molecule has 0 spiro atoms. The van der Waals surface area contributed by atoms with Gasteiger partial charge in [0.15, 0.2) is 0 Å². The highest BCUT2D eigenvalue weighted by Crippen LogP contribution is 2.14. The van der Waals surface area contributed by atoms with Crippen molar-refractivity contribution in [3.8, 4) is 0 Å². The molecular formula is C12H25NO3. The van der Waals surface area contributed by atoms with E-state index in [-0.39, 0.29) is 0 Å². The largest absolute Gasteiger partial charge is 0.389 e. The third kappa shape index (κ3) is 5.80. The van der Waals surface area contributed by atoms with Crippen molar-refractivity contribution >= 4 is 0 Å². The van der Waals surface area contributed by atoms with Crippen LogP contribution in [0.1, 0.15) is 32.6 Å². The van der Waals surface area contributed by atoms with E-state index in [4.69, 9.17) is 15.2 Å². The van der Waals surface area contributed by atoms with Gasteiger partial charge in [0, 0.05) is 25.7 Å². The van der Waals surface area contributed by atoms with Gasteiger partial charge in [-0.1, -0.05) is 0 Å². The summed E-state index contributed by atoms with van der Waals surface area (Å²) in [6.45, 7) is 5.43. The van der Waals surface area contributed by atoms with Crippen molar-refractivity contribution in [3.63, 3.8) is 0 Å². The zero-order valence-electron chi connectivity index (χ0n) is 10.3. The molecule has 0 aromatic carbocycles. The first-order chi connectivity index (χ1) is 7.64. The van der Waals surface area contributed by atoms with E-state index in [1.54, 1.807) is 6.92 Å². The Morgan fingerprint density at radius 1 is 1.50 bits per heavy atom. The van der Waals surface area contributed by atoms with Crippen LogP contribution in [0.15, 0.2) is 0 Å². The van der Waals surface area contributed by atoms with E-state index in [2.05, 4.69) is 0 Å². The van der Waals surface area contributed by atoms with Crippen molar-refractivity contribution in [1.29, 1.82) is 0 Å². The quantitative estimate of drug-likeness (QED) is 0.610. The molecule has 1 fully saturated rings. The summed E-state index contributed by atoms with van der Waals surface area (Å²) in [5.41, 5.74) is 4.73. The number of ether oxygens (including phenoxy) is 2. The topological polar surface area (TPSA) is 64.7 Å². The van der Waals surface area contributed by atoms with Crippen molar-refractivity contribution in [2.24, 2.45) is 11.7 Å². The van der Waals surface area contributed by atoms with Crippen molar-refractivity contribution < 1.29 is 14.6 Å². The Labute approximate surface area is 98.1 Å². The second kappa shape index (κ2) is 7.22. The first-order valence-corrected chi connectivity index (χ1v) is 6.22. The molecular weight excluding hydrogens is 206 g/mol. The molecule has 96 valence electrons. The summed E-state index contributed by atoms with van der Waals surface area (Å²) in [6, 6.07) is 0. The predicted molar refractivity (Wildman–Crippen MR) is 63.3 cm³/mol. The summed E-state index contributed by atoms with van der Waals surface area (Å²) in [7, 11) is 0. The van der Waals surface area contributed by atoms with Crippen LogP contribution in [-0.2, 0) is 9.47 Å². The molecule has 1 aliphatic rings. The van der Waals surface area contributed by atoms with Crippen LogP contribution in [0.3, 0.4) is 0 Å². The van der Waals surface area contributed by atoms with Crippen molar-refractivity contribution in [3.05, 3.63) is 0 Å². The molecule has 1 saturated heterocycles. The van der Waals surface area contributed by atoms with Crippen LogP contribution in [0.5, 0.6) is 0 Å². The maximum Gasteiger partial charge on any atom is 0.0741 e. The third-order valence-electron chi connectivity index (χ3n) is 3.07. The van der Waals surface area contributed by atoms with Crippen LogP contribution in [0.2, 0.25) is 0 Å². The molecule has 0 aromatic heterocycles. The average Bonchev–Trinajstić information content (AvgIpc) is 2.76. The molecule has 0 amide bonds. The lowest BCUT2D eigenvalue weighted by Crippen LogP contribution is -2.33. The molecule has 1 rings (SSSR count). The summed E-state index contributed by atoms with van der Waals surface area (Å²) in [5.74, 6) is 0.590. The smallest absolute Gasteiger partial charge is 0.0741 e. The summed E-state index contributed by atoms with van der Waals surface area (Å²) < 4.78 is 10.8. The van der Waals surface area contributed by atoms with Gasteiger partial charge in [-0.2, -0.15) is 0 Å². The monoisotopic (exact) mass is 231 g/mol. The minimum absolute atomic E-state index is 0.327. The number of rotatable bonds is 8. The molecule has 2 unspecified atom stereocenters. The van der Waals surface area contributed by atoms with Gasteiger partial charge < -0.3 is 20.3 Å². The SMILES string of the molecule is CC(O)(CN)CCCCOCC1CCOC1. The van der Waals surface area contributed by atoms with Crippen LogP contribution in [0.4, 0.5) is 0 Å². The number of hydrogen-bond donors (Lipinski definition) is 2. The molecule has 4 nitrogen and oxygen atoms in total. The van der Waals surface area contributed by atoms with Gasteiger partial charge >= 0.3 is 0 Å². The molecule has 4 heteroatoms. The second-order valence-corrected chi connectivity index (χ2v) is 4.96. The Bertz CT molecular complexity index is 179. The van der Waals surface area contributed by atoms with Gasteiger partial charge in [-0.15, -0.1) is 0 Å². The third-order valence-corrected chi connectivity index (χ3v) is 3.07. The molecule has 0 radical (unpaired) electrons. The lowest BCUT2D eigenvalue weighted by atomic mass is 10.00. The highest BCUT2D eigenvalue weighted by molar-refractivity contribution is 4.72. The first-order valence-electron chi connectivity index (χ1n) is 6.22. The van der Waals surface area contributed by atoms with Gasteiger partial charge in [0.05, 0.1) is 18.8 Å². The maximum atomic E-state index is 9.67. The van der Waals surface area contributed by atoms with Gasteiger partial charge in [-0.25, -0.2) is 0 Å². The van der Waals surface area contributed by atoms with Crippen LogP contribution in [0, 0.1) is 5.92 Å². The van der Waals surface area contributed by atoms with E-state index in [9.17, 15) is 5.11 Å². The standard InChI is InChI=1S/C12H25NO3/c1-12(14,10-13)5-2-3-6-15-8-11-4-7-16-9-11/h11,14H,2-10,13H2,1H3. The second-order valence-electron chi connectivity index (χ2n) is 4.96. The molecule has 2 atom stereocenters.